The molecule has 0 bridgehead atoms. The van der Waals surface area contributed by atoms with Crippen molar-refractivity contribution in [1.82, 2.24) is 19.5 Å². The van der Waals surface area contributed by atoms with Crippen LogP contribution in [-0.4, -0.2) is 19.5 Å². The Balaban J connectivity index is 1.81. The molecule has 2 N–H and O–H groups in total. The van der Waals surface area contributed by atoms with E-state index in [1.54, 1.807) is 6.33 Å². The van der Waals surface area contributed by atoms with Gasteiger partial charge in [-0.15, -0.1) is 0 Å². The van der Waals surface area contributed by atoms with E-state index in [1.807, 2.05) is 53.1 Å². The third-order valence-electron chi connectivity index (χ3n) is 3.72. The van der Waals surface area contributed by atoms with E-state index in [-0.39, 0.29) is 0 Å². The van der Waals surface area contributed by atoms with Crippen LogP contribution in [0.4, 0.5) is 5.82 Å². The van der Waals surface area contributed by atoms with Gasteiger partial charge in [0.25, 0.3) is 0 Å². The van der Waals surface area contributed by atoms with Crippen molar-refractivity contribution in [2.45, 2.75) is 6.54 Å². The van der Waals surface area contributed by atoms with Gasteiger partial charge in [0, 0.05) is 5.56 Å². The maximum absolute atomic E-state index is 5.98. The first-order valence-electron chi connectivity index (χ1n) is 7.39. The second-order valence-corrected chi connectivity index (χ2v) is 5.33. The molecule has 0 radical (unpaired) electrons. The fourth-order valence-corrected chi connectivity index (χ4v) is 2.57. The smallest absolute Gasteiger partial charge is 0.166 e. The lowest BCUT2D eigenvalue weighted by atomic mass is 10.2. The van der Waals surface area contributed by atoms with Crippen LogP contribution in [0.3, 0.4) is 0 Å². The zero-order valence-electron chi connectivity index (χ0n) is 12.4. The average molecular weight is 301 g/mol. The summed E-state index contributed by atoms with van der Waals surface area (Å²) in [6, 6.07) is 20.1. The number of nitrogens with zero attached hydrogens (tertiary/aromatic N) is 4. The van der Waals surface area contributed by atoms with Crippen molar-refractivity contribution in [1.29, 1.82) is 0 Å². The second-order valence-electron chi connectivity index (χ2n) is 5.33. The maximum Gasteiger partial charge on any atom is 0.166 e. The van der Waals surface area contributed by atoms with E-state index in [0.29, 0.717) is 23.9 Å². The fraction of sp³-hybridized carbons (Fsp3) is 0.0556. The number of benzene rings is 2. The molecule has 0 aromatic heterocycles. The van der Waals surface area contributed by atoms with E-state index < -0.39 is 0 Å². The first kappa shape index (κ1) is 13.5. The van der Waals surface area contributed by atoms with Gasteiger partial charge in [-0.3, -0.25) is 0 Å². The Morgan fingerprint density at radius 1 is 0.870 bits per heavy atom. The number of anilines is 1. The first-order valence-corrected chi connectivity index (χ1v) is 7.39. The minimum Gasteiger partial charge on any atom is -0.382 e. The van der Waals surface area contributed by atoms with Crippen molar-refractivity contribution < 1.29 is 0 Å². The molecule has 0 saturated carbocycles. The van der Waals surface area contributed by atoms with Crippen LogP contribution >= 0.6 is 0 Å². The van der Waals surface area contributed by atoms with E-state index >= 15 is 0 Å². The van der Waals surface area contributed by atoms with Gasteiger partial charge in [-0.1, -0.05) is 60.7 Å². The summed E-state index contributed by atoms with van der Waals surface area (Å²) in [6.45, 7) is 0.678. The van der Waals surface area contributed by atoms with Crippen LogP contribution in [-0.2, 0) is 6.54 Å². The molecule has 5 nitrogen and oxygen atoms in total. The molecule has 0 unspecified atom stereocenters. The molecule has 0 fully saturated rings. The second kappa shape index (κ2) is 5.53. The average Bonchev–Trinajstić information content (AvgIpc) is 3.06. The van der Waals surface area contributed by atoms with Crippen molar-refractivity contribution in [3.8, 4) is 22.9 Å². The number of imidazole rings is 1. The number of hydrogen-bond donors (Lipinski definition) is 1. The van der Waals surface area contributed by atoms with Crippen LogP contribution in [0.25, 0.3) is 22.9 Å². The van der Waals surface area contributed by atoms with Crippen LogP contribution in [0.15, 0.2) is 67.0 Å². The molecule has 5 heteroatoms. The molecule has 23 heavy (non-hydrogen) atoms. The van der Waals surface area contributed by atoms with E-state index in [0.717, 1.165) is 11.4 Å². The Kier molecular flexibility index (Phi) is 3.24. The molecule has 4 rings (SSSR count). The number of aromatic nitrogens is 4. The predicted molar refractivity (Wildman–Crippen MR) is 89.8 cm³/mol. The Labute approximate surface area is 133 Å². The molecular weight excluding hydrogens is 286 g/mol. The van der Waals surface area contributed by atoms with E-state index in [1.165, 1.54) is 5.56 Å². The van der Waals surface area contributed by atoms with E-state index in [9.17, 15) is 0 Å². The van der Waals surface area contributed by atoms with Gasteiger partial charge in [0.1, 0.15) is 0 Å². The minimum absolute atomic E-state index is 0.402. The number of nitrogen functional groups attached to an aromatic ring is 1. The molecule has 2 aliphatic rings. The van der Waals surface area contributed by atoms with Crippen molar-refractivity contribution in [3.05, 3.63) is 72.6 Å². The third kappa shape index (κ3) is 2.53. The summed E-state index contributed by atoms with van der Waals surface area (Å²) in [5, 5.41) is 0. The van der Waals surface area contributed by atoms with Gasteiger partial charge < -0.3 is 10.3 Å². The highest BCUT2D eigenvalue weighted by Crippen LogP contribution is 2.28. The Morgan fingerprint density at radius 2 is 1.57 bits per heavy atom. The standard InChI is InChI=1S/C18H15N5/c19-16-15-18(22-17(21-15)14-9-5-2-6-10-14)23(12-20-16)11-13-7-3-1-4-8-13/h1-10,12H,11,19H2. The highest BCUT2D eigenvalue weighted by atomic mass is 15.2. The molecule has 2 heterocycles. The molecule has 0 saturated heterocycles. The normalized spacial score (nSPS) is 11.0. The monoisotopic (exact) mass is 301 g/mol. The zero-order valence-corrected chi connectivity index (χ0v) is 12.4. The Bertz CT molecular complexity index is 899. The summed E-state index contributed by atoms with van der Waals surface area (Å²) < 4.78 is 1.97. The zero-order chi connectivity index (χ0) is 15.6. The summed E-state index contributed by atoms with van der Waals surface area (Å²) in [6.07, 6.45) is 1.72. The van der Waals surface area contributed by atoms with Crippen molar-refractivity contribution in [2.24, 2.45) is 0 Å². The molecule has 0 aliphatic carbocycles. The summed E-state index contributed by atoms with van der Waals surface area (Å²) in [4.78, 5) is 13.5. The molecule has 112 valence electrons. The lowest BCUT2D eigenvalue weighted by Crippen LogP contribution is -2.09. The number of nitrogens with two attached hydrogens (primary N) is 1. The molecule has 0 atom stereocenters. The first-order chi connectivity index (χ1) is 11.3. The minimum atomic E-state index is 0.402. The van der Waals surface area contributed by atoms with Gasteiger partial charge in [0.2, 0.25) is 0 Å². The third-order valence-corrected chi connectivity index (χ3v) is 3.72. The molecule has 0 amide bonds. The summed E-state index contributed by atoms with van der Waals surface area (Å²) >= 11 is 0. The topological polar surface area (TPSA) is 69.6 Å². The van der Waals surface area contributed by atoms with E-state index in [2.05, 4.69) is 27.1 Å². The Hall–Kier alpha value is -3.21. The SMILES string of the molecule is Nc1ncn(Cc2ccccc2)c2nc(-c3ccccc3)nc1-2. The highest BCUT2D eigenvalue weighted by molar-refractivity contribution is 5.71. The van der Waals surface area contributed by atoms with Gasteiger partial charge in [-0.25, -0.2) is 15.0 Å². The lowest BCUT2D eigenvalue weighted by molar-refractivity contribution is 0.763. The molecular formula is C18H15N5. The van der Waals surface area contributed by atoms with Crippen molar-refractivity contribution >= 4 is 5.82 Å². The van der Waals surface area contributed by atoms with Crippen LogP contribution < -0.4 is 5.73 Å². The van der Waals surface area contributed by atoms with Crippen molar-refractivity contribution in [2.75, 3.05) is 5.73 Å². The van der Waals surface area contributed by atoms with Gasteiger partial charge in [-0.05, 0) is 5.56 Å². The number of rotatable bonds is 3. The fourth-order valence-electron chi connectivity index (χ4n) is 2.57. The van der Waals surface area contributed by atoms with Crippen LogP contribution in [0.1, 0.15) is 5.56 Å². The van der Waals surface area contributed by atoms with Crippen LogP contribution in [0.5, 0.6) is 0 Å². The van der Waals surface area contributed by atoms with E-state index in [4.69, 9.17) is 5.73 Å². The van der Waals surface area contributed by atoms with Crippen LogP contribution in [0.2, 0.25) is 0 Å². The van der Waals surface area contributed by atoms with Gasteiger partial charge in [0.15, 0.2) is 23.2 Å². The highest BCUT2D eigenvalue weighted by Gasteiger charge is 2.19. The lowest BCUT2D eigenvalue weighted by Gasteiger charge is -2.11. The molecule has 2 aromatic carbocycles. The van der Waals surface area contributed by atoms with Gasteiger partial charge in [0.05, 0.1) is 12.9 Å². The predicted octanol–water partition coefficient (Wildman–Crippen LogP) is 3.08. The molecule has 0 spiro atoms. The summed E-state index contributed by atoms with van der Waals surface area (Å²) in [5.74, 6) is 1.82. The quantitative estimate of drug-likeness (QED) is 0.631. The van der Waals surface area contributed by atoms with Gasteiger partial charge in [-0.2, -0.15) is 0 Å². The summed E-state index contributed by atoms with van der Waals surface area (Å²) in [7, 11) is 0. The number of hydrogen-bond acceptors (Lipinski definition) is 4. The van der Waals surface area contributed by atoms with Crippen LogP contribution in [0, 0.1) is 0 Å². The largest absolute Gasteiger partial charge is 0.382 e. The van der Waals surface area contributed by atoms with Gasteiger partial charge >= 0.3 is 0 Å². The Morgan fingerprint density at radius 3 is 2.30 bits per heavy atom. The molecule has 2 aliphatic heterocycles. The number of fused-ring (bicyclic) bond motifs is 1. The maximum atomic E-state index is 5.98. The van der Waals surface area contributed by atoms with Crippen molar-refractivity contribution in [3.63, 3.8) is 0 Å². The summed E-state index contributed by atoms with van der Waals surface area (Å²) in [5.41, 5.74) is 8.77. The molecule has 2 aromatic rings.